The quantitative estimate of drug-likeness (QED) is 0.391. The lowest BCUT2D eigenvalue weighted by atomic mass is 10.0. The number of H-pyrrole nitrogens is 1. The van der Waals surface area contributed by atoms with E-state index in [9.17, 15) is 0 Å². The number of aryl methyl sites for hydroxylation is 1. The summed E-state index contributed by atoms with van der Waals surface area (Å²) in [6.45, 7) is 2.15. The average molecular weight is 482 g/mol. The Hall–Kier alpha value is -1.72. The van der Waals surface area contributed by atoms with Gasteiger partial charge in [0, 0.05) is 27.9 Å². The molecule has 0 bridgehead atoms. The number of benzene rings is 2. The third-order valence-corrected chi connectivity index (χ3v) is 6.01. The summed E-state index contributed by atoms with van der Waals surface area (Å²) in [5.74, 6) is 0.890. The lowest BCUT2D eigenvalue weighted by Gasteiger charge is -2.23. The first kappa shape index (κ1) is 21.5. The normalized spacial score (nSPS) is 16.2. The maximum absolute atomic E-state index is 6.54. The summed E-state index contributed by atoms with van der Waals surface area (Å²) in [7, 11) is 0. The van der Waals surface area contributed by atoms with Crippen LogP contribution >= 0.6 is 46.4 Å². The van der Waals surface area contributed by atoms with Gasteiger partial charge in [0.1, 0.15) is 11.9 Å². The van der Waals surface area contributed by atoms with E-state index in [1.807, 2.05) is 41.4 Å². The molecule has 156 valence electrons. The molecule has 8 heteroatoms. The molecule has 0 fully saturated rings. The van der Waals surface area contributed by atoms with E-state index in [2.05, 4.69) is 16.9 Å². The predicted molar refractivity (Wildman–Crippen MR) is 126 cm³/mol. The number of nitrogens with one attached hydrogen (secondary N) is 1. The zero-order valence-corrected chi connectivity index (χ0v) is 19.3. The highest BCUT2D eigenvalue weighted by Crippen LogP contribution is 2.40. The molecule has 0 spiro atoms. The van der Waals surface area contributed by atoms with Crippen molar-refractivity contribution in [1.82, 2.24) is 9.97 Å². The van der Waals surface area contributed by atoms with Gasteiger partial charge in [0.05, 0.1) is 17.1 Å². The first-order chi connectivity index (χ1) is 14.4. The van der Waals surface area contributed by atoms with Crippen molar-refractivity contribution in [3.05, 3.63) is 79.8 Å². The van der Waals surface area contributed by atoms with Crippen LogP contribution in [0.4, 0.5) is 5.69 Å². The van der Waals surface area contributed by atoms with Gasteiger partial charge in [0.2, 0.25) is 0 Å². The summed E-state index contributed by atoms with van der Waals surface area (Å²) in [5, 5.41) is 9.05. The van der Waals surface area contributed by atoms with Gasteiger partial charge in [0.25, 0.3) is 0 Å². The van der Waals surface area contributed by atoms with E-state index < -0.39 is 0 Å². The molecule has 3 aromatic rings. The Labute approximate surface area is 195 Å². The van der Waals surface area contributed by atoms with Crippen molar-refractivity contribution < 1.29 is 0 Å². The Kier molecular flexibility index (Phi) is 6.59. The topological polar surface area (TPSA) is 44.3 Å². The number of unbranched alkanes of at least 4 members (excludes halogenated alkanes) is 1. The first-order valence-electron chi connectivity index (χ1n) is 9.77. The lowest BCUT2D eigenvalue weighted by Crippen LogP contribution is -2.19. The highest BCUT2D eigenvalue weighted by molar-refractivity contribution is 6.35. The number of hydrogen-bond donors (Lipinski definition) is 1. The minimum atomic E-state index is -0.152. The molecule has 30 heavy (non-hydrogen) atoms. The molecule has 2 heterocycles. The molecule has 0 amide bonds. The van der Waals surface area contributed by atoms with Crippen molar-refractivity contribution in [3.8, 4) is 0 Å². The second kappa shape index (κ2) is 9.19. The van der Waals surface area contributed by atoms with Crippen LogP contribution in [0.2, 0.25) is 20.2 Å². The molecule has 0 aliphatic carbocycles. The van der Waals surface area contributed by atoms with Gasteiger partial charge in [-0.15, -0.1) is 0 Å². The zero-order valence-electron chi connectivity index (χ0n) is 16.3. The SMILES string of the molecule is CCCCc1nc(Cl)c(C2CC(c3ccc(Cl)cc3)=NN2c2cc(Cl)cc(Cl)c2)[nH]1. The zero-order chi connectivity index (χ0) is 21.3. The van der Waals surface area contributed by atoms with Gasteiger partial charge >= 0.3 is 0 Å². The van der Waals surface area contributed by atoms with E-state index >= 15 is 0 Å². The van der Waals surface area contributed by atoms with Crippen molar-refractivity contribution in [3.63, 3.8) is 0 Å². The van der Waals surface area contributed by atoms with E-state index in [-0.39, 0.29) is 6.04 Å². The molecule has 1 unspecified atom stereocenters. The Morgan fingerprint density at radius 2 is 1.70 bits per heavy atom. The first-order valence-corrected chi connectivity index (χ1v) is 11.3. The van der Waals surface area contributed by atoms with Crippen LogP contribution in [0.1, 0.15) is 49.3 Å². The van der Waals surface area contributed by atoms with Gasteiger partial charge in [0.15, 0.2) is 5.15 Å². The van der Waals surface area contributed by atoms with Crippen LogP contribution < -0.4 is 5.01 Å². The summed E-state index contributed by atoms with van der Waals surface area (Å²) in [5.41, 5.74) is 3.56. The Bertz CT molecular complexity index is 1050. The smallest absolute Gasteiger partial charge is 0.152 e. The summed E-state index contributed by atoms with van der Waals surface area (Å²) in [6, 6.07) is 12.9. The summed E-state index contributed by atoms with van der Waals surface area (Å²) >= 11 is 25.1. The molecule has 0 saturated heterocycles. The number of aromatic amines is 1. The largest absolute Gasteiger partial charge is 0.343 e. The molecular formula is C22H20Cl4N4. The molecular weight excluding hydrogens is 462 g/mol. The highest BCUT2D eigenvalue weighted by Gasteiger charge is 2.33. The van der Waals surface area contributed by atoms with Crippen LogP contribution in [0.3, 0.4) is 0 Å². The molecule has 1 N–H and O–H groups in total. The van der Waals surface area contributed by atoms with Crippen LogP contribution in [0.5, 0.6) is 0 Å². The van der Waals surface area contributed by atoms with Gasteiger partial charge < -0.3 is 4.98 Å². The number of anilines is 1. The third-order valence-electron chi connectivity index (χ3n) is 5.03. The van der Waals surface area contributed by atoms with Gasteiger partial charge in [-0.1, -0.05) is 71.9 Å². The van der Waals surface area contributed by atoms with E-state index in [1.165, 1.54) is 0 Å². The Balaban J connectivity index is 1.74. The highest BCUT2D eigenvalue weighted by atomic mass is 35.5. The van der Waals surface area contributed by atoms with Crippen LogP contribution in [0.15, 0.2) is 47.6 Å². The van der Waals surface area contributed by atoms with Crippen molar-refractivity contribution in [2.45, 2.75) is 38.6 Å². The summed E-state index contributed by atoms with van der Waals surface area (Å²) in [6.07, 6.45) is 3.65. The second-order valence-electron chi connectivity index (χ2n) is 7.24. The number of hydrazone groups is 1. The molecule has 1 aromatic heterocycles. The van der Waals surface area contributed by atoms with Crippen LogP contribution in [-0.2, 0) is 6.42 Å². The number of hydrogen-bond acceptors (Lipinski definition) is 3. The van der Waals surface area contributed by atoms with Gasteiger partial charge in [-0.25, -0.2) is 4.98 Å². The molecule has 1 aliphatic rings. The summed E-state index contributed by atoms with van der Waals surface area (Å²) in [4.78, 5) is 7.95. The van der Waals surface area contributed by atoms with Crippen molar-refractivity contribution in [1.29, 1.82) is 0 Å². The molecule has 0 saturated carbocycles. The van der Waals surface area contributed by atoms with Crippen molar-refractivity contribution in [2.75, 3.05) is 5.01 Å². The minimum absolute atomic E-state index is 0.152. The molecule has 2 aromatic carbocycles. The van der Waals surface area contributed by atoms with Crippen molar-refractivity contribution >= 4 is 57.8 Å². The monoisotopic (exact) mass is 480 g/mol. The van der Waals surface area contributed by atoms with E-state index in [1.54, 1.807) is 6.07 Å². The van der Waals surface area contributed by atoms with E-state index in [0.29, 0.717) is 26.6 Å². The maximum Gasteiger partial charge on any atom is 0.152 e. The number of nitrogens with zero attached hydrogens (tertiary/aromatic N) is 3. The van der Waals surface area contributed by atoms with Gasteiger partial charge in [-0.05, 0) is 42.3 Å². The number of aromatic nitrogens is 2. The minimum Gasteiger partial charge on any atom is -0.343 e. The lowest BCUT2D eigenvalue weighted by molar-refractivity contribution is 0.684. The van der Waals surface area contributed by atoms with E-state index in [0.717, 1.165) is 47.7 Å². The third kappa shape index (κ3) is 4.62. The van der Waals surface area contributed by atoms with Crippen LogP contribution in [0.25, 0.3) is 0 Å². The standard InChI is InChI=1S/C22H20Cl4N4/c1-2-3-4-20-27-21(22(26)28-20)19-12-18(13-5-7-14(23)8-6-13)29-30(19)17-10-15(24)9-16(25)11-17/h5-11,19H,2-4,12H2,1H3,(H,27,28). The van der Waals surface area contributed by atoms with Crippen molar-refractivity contribution in [2.24, 2.45) is 5.10 Å². The van der Waals surface area contributed by atoms with Crippen LogP contribution in [0, 0.1) is 0 Å². The van der Waals surface area contributed by atoms with Gasteiger partial charge in [-0.3, -0.25) is 5.01 Å². The fraction of sp³-hybridized carbons (Fsp3) is 0.273. The predicted octanol–water partition coefficient (Wildman–Crippen LogP) is 7.72. The molecule has 0 radical (unpaired) electrons. The van der Waals surface area contributed by atoms with Gasteiger partial charge in [-0.2, -0.15) is 5.10 Å². The molecule has 1 atom stereocenters. The molecule has 1 aliphatic heterocycles. The maximum atomic E-state index is 6.54. The molecule has 4 rings (SSSR count). The Morgan fingerprint density at radius 3 is 2.37 bits per heavy atom. The van der Waals surface area contributed by atoms with E-state index in [4.69, 9.17) is 51.5 Å². The number of halogens is 4. The number of rotatable bonds is 6. The fourth-order valence-electron chi connectivity index (χ4n) is 3.56. The Morgan fingerprint density at radius 1 is 1.00 bits per heavy atom. The molecule has 4 nitrogen and oxygen atoms in total. The average Bonchev–Trinajstić information content (AvgIpc) is 3.29. The number of imidazole rings is 1. The summed E-state index contributed by atoms with van der Waals surface area (Å²) < 4.78 is 0. The second-order valence-corrected chi connectivity index (χ2v) is 8.90. The van der Waals surface area contributed by atoms with Crippen LogP contribution in [-0.4, -0.2) is 15.7 Å². The fourth-order valence-corrected chi connectivity index (χ4v) is 4.47.